The minimum Gasteiger partial charge on any atom is -0.412 e. The van der Waals surface area contributed by atoms with Crippen LogP contribution in [0.1, 0.15) is 67.2 Å². The number of halogens is 1. The summed E-state index contributed by atoms with van der Waals surface area (Å²) in [6.07, 6.45) is 9.48. The first-order valence-corrected chi connectivity index (χ1v) is 12.3. The van der Waals surface area contributed by atoms with Gasteiger partial charge in [-0.25, -0.2) is 9.97 Å². The number of piperidine rings is 1. The van der Waals surface area contributed by atoms with Crippen LogP contribution in [0, 0.1) is 23.2 Å². The highest BCUT2D eigenvalue weighted by molar-refractivity contribution is 6.20. The van der Waals surface area contributed by atoms with E-state index in [1.54, 1.807) is 18.5 Å². The monoisotopic (exact) mass is 501 g/mol. The zero-order valence-corrected chi connectivity index (χ0v) is 21.4. The minimum absolute atomic E-state index is 0. The largest absolute Gasteiger partial charge is 0.412 e. The number of aromatic nitrogens is 2. The number of amides is 1. The highest BCUT2D eigenvalue weighted by Gasteiger charge is 2.41. The van der Waals surface area contributed by atoms with Crippen LogP contribution in [0.5, 0.6) is 0 Å². The van der Waals surface area contributed by atoms with Crippen LogP contribution in [0.25, 0.3) is 0 Å². The lowest BCUT2D eigenvalue weighted by Gasteiger charge is -2.49. The Hall–Kier alpha value is -1.48. The Morgan fingerprint density at radius 2 is 1.76 bits per heavy atom. The molecule has 0 spiro atoms. The van der Waals surface area contributed by atoms with Crippen molar-refractivity contribution in [3.05, 3.63) is 18.5 Å². The molecule has 1 aliphatic carbocycles. The van der Waals surface area contributed by atoms with Gasteiger partial charge in [0.1, 0.15) is 0 Å². The van der Waals surface area contributed by atoms with Crippen molar-refractivity contribution in [3.63, 3.8) is 0 Å². The summed E-state index contributed by atoms with van der Waals surface area (Å²) in [4.78, 5) is 23.3. The van der Waals surface area contributed by atoms with Crippen molar-refractivity contribution in [2.24, 2.45) is 23.2 Å². The molecule has 2 fully saturated rings. The van der Waals surface area contributed by atoms with Gasteiger partial charge in [0.15, 0.2) is 0 Å². The van der Waals surface area contributed by atoms with Gasteiger partial charge in [0, 0.05) is 36.9 Å². The zero-order valence-electron chi connectivity index (χ0n) is 20.6. The lowest BCUT2D eigenvalue weighted by Crippen LogP contribution is -2.54. The SMILES string of the molecule is C.CC(C)[C@H](CN1CCC(C2CCC(Cl)CC2)C(C)(C)C1)NC(=O)CNc1ncccn1.O.O. The molecule has 1 aromatic heterocycles. The molecule has 9 heteroatoms. The molecule has 3 rings (SSSR count). The summed E-state index contributed by atoms with van der Waals surface area (Å²) in [5.74, 6) is 2.43. The van der Waals surface area contributed by atoms with E-state index < -0.39 is 0 Å². The average molecular weight is 502 g/mol. The maximum absolute atomic E-state index is 12.5. The molecule has 1 aliphatic heterocycles. The molecule has 2 aliphatic rings. The fourth-order valence-corrected chi connectivity index (χ4v) is 5.76. The van der Waals surface area contributed by atoms with Crippen LogP contribution in [0.4, 0.5) is 5.95 Å². The fourth-order valence-electron chi connectivity index (χ4n) is 5.50. The lowest BCUT2D eigenvalue weighted by molar-refractivity contribution is -0.120. The van der Waals surface area contributed by atoms with Crippen LogP contribution in [0.2, 0.25) is 0 Å². The lowest BCUT2D eigenvalue weighted by atomic mass is 9.64. The van der Waals surface area contributed by atoms with Gasteiger partial charge >= 0.3 is 0 Å². The first kappa shape index (κ1) is 32.5. The van der Waals surface area contributed by atoms with Crippen LogP contribution in [0.15, 0.2) is 18.5 Å². The Labute approximate surface area is 211 Å². The molecular weight excluding hydrogens is 454 g/mol. The highest BCUT2D eigenvalue weighted by atomic mass is 35.5. The van der Waals surface area contributed by atoms with E-state index in [2.05, 4.69) is 53.2 Å². The number of carbonyl (C=O) groups excluding carboxylic acids is 1. The van der Waals surface area contributed by atoms with Crippen LogP contribution < -0.4 is 10.6 Å². The summed E-state index contributed by atoms with van der Waals surface area (Å²) in [6.45, 7) is 12.5. The Morgan fingerprint density at radius 1 is 1.15 bits per heavy atom. The number of hydrogen-bond acceptors (Lipinski definition) is 5. The molecule has 1 aromatic rings. The number of nitrogens with one attached hydrogen (secondary N) is 2. The summed E-state index contributed by atoms with van der Waals surface area (Å²) < 4.78 is 0. The molecule has 198 valence electrons. The predicted molar refractivity (Wildman–Crippen MR) is 141 cm³/mol. The molecule has 0 aromatic carbocycles. The molecule has 0 radical (unpaired) electrons. The fraction of sp³-hybridized carbons (Fsp3) is 0.800. The molecule has 1 amide bonds. The van der Waals surface area contributed by atoms with Crippen molar-refractivity contribution in [2.45, 2.75) is 78.6 Å². The van der Waals surface area contributed by atoms with Gasteiger partial charge < -0.3 is 26.5 Å². The van der Waals surface area contributed by atoms with Crippen molar-refractivity contribution in [1.82, 2.24) is 20.2 Å². The van der Waals surface area contributed by atoms with E-state index in [9.17, 15) is 4.79 Å². The molecular formula is C25H48ClN5O3. The molecule has 1 saturated heterocycles. The zero-order chi connectivity index (χ0) is 22.4. The second-order valence-electron chi connectivity index (χ2n) is 10.5. The van der Waals surface area contributed by atoms with E-state index in [0.717, 1.165) is 31.5 Å². The van der Waals surface area contributed by atoms with Gasteiger partial charge in [0.2, 0.25) is 11.9 Å². The normalized spacial score (nSPS) is 25.2. The first-order chi connectivity index (χ1) is 14.7. The summed E-state index contributed by atoms with van der Waals surface area (Å²) in [7, 11) is 0. The average Bonchev–Trinajstić information content (AvgIpc) is 2.73. The second-order valence-corrected chi connectivity index (χ2v) is 11.1. The Kier molecular flexibility index (Phi) is 14.2. The van der Waals surface area contributed by atoms with Gasteiger partial charge in [-0.15, -0.1) is 11.6 Å². The van der Waals surface area contributed by atoms with Gasteiger partial charge in [-0.05, 0) is 67.9 Å². The number of likely N-dealkylation sites (tertiary alicyclic amines) is 1. The standard InChI is InChI=1S/C24H40ClN5O.CH4.2H2O/c1-17(2)21(29-22(31)14-28-23-26-11-5-12-27-23)15-30-13-10-20(24(3,4)16-30)18-6-8-19(25)9-7-18;;;/h5,11-12,17-21H,6-10,13-16H2,1-4H3,(H,29,31)(H,26,27,28);1H4;2*1H2/t18?,19?,20?,21-;;;/m0.../s1. The predicted octanol–water partition coefficient (Wildman–Crippen LogP) is 3.16. The van der Waals surface area contributed by atoms with Gasteiger partial charge in [-0.2, -0.15) is 0 Å². The van der Waals surface area contributed by atoms with Crippen LogP contribution in [0.3, 0.4) is 0 Å². The van der Waals surface area contributed by atoms with E-state index in [-0.39, 0.29) is 36.9 Å². The van der Waals surface area contributed by atoms with Gasteiger partial charge in [-0.3, -0.25) is 4.79 Å². The van der Waals surface area contributed by atoms with Crippen molar-refractivity contribution in [3.8, 4) is 0 Å². The molecule has 2 atom stereocenters. The van der Waals surface area contributed by atoms with Gasteiger partial charge in [-0.1, -0.05) is 35.1 Å². The minimum atomic E-state index is -0.0156. The van der Waals surface area contributed by atoms with Gasteiger partial charge in [0.05, 0.1) is 6.54 Å². The maximum atomic E-state index is 12.5. The van der Waals surface area contributed by atoms with Crippen LogP contribution >= 0.6 is 11.6 Å². The summed E-state index contributed by atoms with van der Waals surface area (Å²) in [5, 5.41) is 6.61. The molecule has 6 N–H and O–H groups in total. The number of hydrogen-bond donors (Lipinski definition) is 2. The highest BCUT2D eigenvalue weighted by Crippen LogP contribution is 2.45. The molecule has 2 heterocycles. The van der Waals surface area contributed by atoms with E-state index in [1.807, 2.05) is 0 Å². The van der Waals surface area contributed by atoms with Crippen LogP contribution in [-0.4, -0.2) is 69.3 Å². The van der Waals surface area contributed by atoms with Crippen molar-refractivity contribution < 1.29 is 15.7 Å². The summed E-state index contributed by atoms with van der Waals surface area (Å²) in [5.41, 5.74) is 0.291. The van der Waals surface area contributed by atoms with Crippen molar-refractivity contribution in [1.29, 1.82) is 0 Å². The maximum Gasteiger partial charge on any atom is 0.239 e. The smallest absolute Gasteiger partial charge is 0.239 e. The van der Waals surface area contributed by atoms with E-state index in [4.69, 9.17) is 11.6 Å². The number of carbonyl (C=O) groups is 1. The Morgan fingerprint density at radius 3 is 2.32 bits per heavy atom. The number of anilines is 1. The van der Waals surface area contributed by atoms with Gasteiger partial charge in [0.25, 0.3) is 0 Å². The number of alkyl halides is 1. The van der Waals surface area contributed by atoms with Crippen LogP contribution in [-0.2, 0) is 4.79 Å². The third-order valence-corrected chi connectivity index (χ3v) is 7.68. The first-order valence-electron chi connectivity index (χ1n) is 11.9. The molecule has 8 nitrogen and oxygen atoms in total. The molecule has 1 saturated carbocycles. The molecule has 1 unspecified atom stereocenters. The number of rotatable bonds is 8. The van der Waals surface area contributed by atoms with Crippen molar-refractivity contribution >= 4 is 23.5 Å². The third kappa shape index (κ3) is 9.29. The Balaban J connectivity index is 0.00000363. The van der Waals surface area contributed by atoms with E-state index in [1.165, 1.54) is 32.1 Å². The molecule has 34 heavy (non-hydrogen) atoms. The third-order valence-electron chi connectivity index (χ3n) is 7.24. The molecule has 0 bridgehead atoms. The Bertz CT molecular complexity index is 699. The van der Waals surface area contributed by atoms with E-state index >= 15 is 0 Å². The quantitative estimate of drug-likeness (QED) is 0.527. The van der Waals surface area contributed by atoms with Crippen molar-refractivity contribution in [2.75, 3.05) is 31.5 Å². The summed E-state index contributed by atoms with van der Waals surface area (Å²) in [6, 6.07) is 1.89. The topological polar surface area (TPSA) is 133 Å². The second kappa shape index (κ2) is 14.8. The number of nitrogens with zero attached hydrogens (tertiary/aromatic N) is 3. The van der Waals surface area contributed by atoms with E-state index in [0.29, 0.717) is 22.7 Å². The summed E-state index contributed by atoms with van der Waals surface area (Å²) >= 11 is 6.35.